The van der Waals surface area contributed by atoms with Crippen LogP contribution >= 0.6 is 0 Å². The standard InChI is InChI=1S/C19H38N4O2S/c1-15(18-8-6-5-7-9-18)16(2)22-19(20-3)21-14-17-10-12-23(13-11-17)26(4,24)25/h15-18H,5-14H2,1-4H3,(H2,20,21,22). The third-order valence-corrected chi connectivity index (χ3v) is 7.67. The Hall–Kier alpha value is -0.820. The lowest BCUT2D eigenvalue weighted by Crippen LogP contribution is -2.48. The van der Waals surface area contributed by atoms with Gasteiger partial charge in [0, 0.05) is 32.7 Å². The Labute approximate surface area is 160 Å². The summed E-state index contributed by atoms with van der Waals surface area (Å²) in [5.41, 5.74) is 0. The van der Waals surface area contributed by atoms with Crippen LogP contribution in [-0.4, -0.2) is 57.7 Å². The van der Waals surface area contributed by atoms with Gasteiger partial charge in [-0.3, -0.25) is 4.99 Å². The van der Waals surface area contributed by atoms with Gasteiger partial charge < -0.3 is 10.6 Å². The van der Waals surface area contributed by atoms with Crippen LogP contribution in [0.2, 0.25) is 0 Å². The zero-order valence-electron chi connectivity index (χ0n) is 17.0. The number of piperidine rings is 1. The highest BCUT2D eigenvalue weighted by Gasteiger charge is 2.26. The summed E-state index contributed by atoms with van der Waals surface area (Å²) in [6.07, 6.45) is 9.98. The van der Waals surface area contributed by atoms with Crippen molar-refractivity contribution in [3.8, 4) is 0 Å². The predicted molar refractivity (Wildman–Crippen MR) is 109 cm³/mol. The van der Waals surface area contributed by atoms with Crippen molar-refractivity contribution < 1.29 is 8.42 Å². The van der Waals surface area contributed by atoms with Gasteiger partial charge in [0.15, 0.2) is 5.96 Å². The predicted octanol–water partition coefficient (Wildman–Crippen LogP) is 2.43. The Kier molecular flexibility index (Phi) is 8.20. The first-order valence-electron chi connectivity index (χ1n) is 10.2. The molecule has 2 fully saturated rings. The van der Waals surface area contributed by atoms with Crippen LogP contribution in [0.1, 0.15) is 58.8 Å². The number of nitrogens with one attached hydrogen (secondary N) is 2. The molecule has 1 heterocycles. The highest BCUT2D eigenvalue weighted by Crippen LogP contribution is 2.31. The van der Waals surface area contributed by atoms with Gasteiger partial charge in [-0.2, -0.15) is 0 Å². The second-order valence-corrected chi connectivity index (χ2v) is 10.2. The second kappa shape index (κ2) is 9.93. The fourth-order valence-corrected chi connectivity index (χ4v) is 5.17. The van der Waals surface area contributed by atoms with Crippen LogP contribution in [0.5, 0.6) is 0 Å². The monoisotopic (exact) mass is 386 g/mol. The maximum absolute atomic E-state index is 11.6. The number of hydrogen-bond acceptors (Lipinski definition) is 3. The number of aliphatic imine (C=N–C) groups is 1. The molecule has 0 aromatic carbocycles. The molecule has 0 bridgehead atoms. The second-order valence-electron chi connectivity index (χ2n) is 8.25. The molecule has 6 nitrogen and oxygen atoms in total. The Morgan fingerprint density at radius 2 is 1.73 bits per heavy atom. The topological polar surface area (TPSA) is 73.8 Å². The van der Waals surface area contributed by atoms with Crippen molar-refractivity contribution in [3.63, 3.8) is 0 Å². The van der Waals surface area contributed by atoms with Crippen molar-refractivity contribution in [2.24, 2.45) is 22.7 Å². The molecule has 2 aliphatic rings. The molecule has 0 aromatic rings. The van der Waals surface area contributed by atoms with Gasteiger partial charge in [0.1, 0.15) is 0 Å². The van der Waals surface area contributed by atoms with Crippen LogP contribution in [0.15, 0.2) is 4.99 Å². The largest absolute Gasteiger partial charge is 0.356 e. The summed E-state index contributed by atoms with van der Waals surface area (Å²) >= 11 is 0. The number of guanidine groups is 1. The first kappa shape index (κ1) is 21.5. The molecule has 0 amide bonds. The zero-order chi connectivity index (χ0) is 19.2. The molecule has 0 spiro atoms. The third kappa shape index (κ3) is 6.41. The van der Waals surface area contributed by atoms with Crippen molar-refractivity contribution in [3.05, 3.63) is 0 Å². The van der Waals surface area contributed by atoms with Gasteiger partial charge in [-0.25, -0.2) is 12.7 Å². The molecule has 1 saturated heterocycles. The van der Waals surface area contributed by atoms with E-state index in [4.69, 9.17) is 0 Å². The van der Waals surface area contributed by atoms with Crippen LogP contribution in [0.4, 0.5) is 0 Å². The van der Waals surface area contributed by atoms with Crippen molar-refractivity contribution in [1.82, 2.24) is 14.9 Å². The van der Waals surface area contributed by atoms with E-state index in [-0.39, 0.29) is 0 Å². The van der Waals surface area contributed by atoms with Crippen LogP contribution in [-0.2, 0) is 10.0 Å². The van der Waals surface area contributed by atoms with E-state index in [0.717, 1.165) is 31.3 Å². The van der Waals surface area contributed by atoms with Gasteiger partial charge in [-0.1, -0.05) is 39.0 Å². The molecule has 2 atom stereocenters. The molecule has 2 N–H and O–H groups in total. The van der Waals surface area contributed by atoms with Crippen molar-refractivity contribution in [2.75, 3.05) is 32.9 Å². The minimum Gasteiger partial charge on any atom is -0.356 e. The SMILES string of the molecule is CN=C(NCC1CCN(S(C)(=O)=O)CC1)NC(C)C(C)C1CCCCC1. The lowest BCUT2D eigenvalue weighted by Gasteiger charge is -2.33. The third-order valence-electron chi connectivity index (χ3n) is 6.37. The van der Waals surface area contributed by atoms with Gasteiger partial charge in [0.2, 0.25) is 10.0 Å². The van der Waals surface area contributed by atoms with Gasteiger partial charge >= 0.3 is 0 Å². The molecule has 2 unspecified atom stereocenters. The molecule has 0 radical (unpaired) electrons. The van der Waals surface area contributed by atoms with E-state index in [1.54, 1.807) is 4.31 Å². The van der Waals surface area contributed by atoms with E-state index >= 15 is 0 Å². The summed E-state index contributed by atoms with van der Waals surface area (Å²) in [5.74, 6) is 2.83. The van der Waals surface area contributed by atoms with E-state index in [0.29, 0.717) is 31.0 Å². The number of hydrogen-bond donors (Lipinski definition) is 2. The van der Waals surface area contributed by atoms with Gasteiger partial charge in [0.05, 0.1) is 6.26 Å². The van der Waals surface area contributed by atoms with Crippen LogP contribution < -0.4 is 10.6 Å². The average Bonchev–Trinajstić information content (AvgIpc) is 2.64. The van der Waals surface area contributed by atoms with Crippen molar-refractivity contribution in [1.29, 1.82) is 0 Å². The summed E-state index contributed by atoms with van der Waals surface area (Å²) in [5, 5.41) is 7.02. The fraction of sp³-hybridized carbons (Fsp3) is 0.947. The molecule has 1 aliphatic carbocycles. The average molecular weight is 387 g/mol. The maximum Gasteiger partial charge on any atom is 0.211 e. The van der Waals surface area contributed by atoms with E-state index in [1.165, 1.54) is 38.4 Å². The zero-order valence-corrected chi connectivity index (χ0v) is 17.8. The Balaban J connectivity index is 1.74. The highest BCUT2D eigenvalue weighted by molar-refractivity contribution is 7.88. The molecule has 26 heavy (non-hydrogen) atoms. The van der Waals surface area contributed by atoms with Crippen LogP contribution in [0.3, 0.4) is 0 Å². The molecular formula is C19H38N4O2S. The molecule has 0 aromatic heterocycles. The minimum atomic E-state index is -3.04. The van der Waals surface area contributed by atoms with Gasteiger partial charge in [-0.05, 0) is 37.5 Å². The van der Waals surface area contributed by atoms with Crippen molar-refractivity contribution >= 4 is 16.0 Å². The highest BCUT2D eigenvalue weighted by atomic mass is 32.2. The van der Waals surface area contributed by atoms with Gasteiger partial charge in [0.25, 0.3) is 0 Å². The normalized spacial score (nSPS) is 24.2. The number of rotatable bonds is 6. The molecule has 2 rings (SSSR count). The Morgan fingerprint density at radius 3 is 2.27 bits per heavy atom. The van der Waals surface area contributed by atoms with Crippen LogP contribution in [0.25, 0.3) is 0 Å². The summed E-state index contributed by atoms with van der Waals surface area (Å²) < 4.78 is 24.8. The molecule has 7 heteroatoms. The smallest absolute Gasteiger partial charge is 0.211 e. The first-order valence-corrected chi connectivity index (χ1v) is 12.1. The molecule has 1 aliphatic heterocycles. The number of nitrogens with zero attached hydrogens (tertiary/aromatic N) is 2. The lowest BCUT2D eigenvalue weighted by atomic mass is 9.78. The van der Waals surface area contributed by atoms with E-state index in [2.05, 4.69) is 29.5 Å². The first-order chi connectivity index (χ1) is 12.3. The quantitative estimate of drug-likeness (QED) is 0.543. The summed E-state index contributed by atoms with van der Waals surface area (Å²) in [6.45, 7) is 6.74. The lowest BCUT2D eigenvalue weighted by molar-refractivity contribution is 0.229. The van der Waals surface area contributed by atoms with Crippen LogP contribution in [0, 0.1) is 17.8 Å². The molecule has 1 saturated carbocycles. The van der Waals surface area contributed by atoms with E-state index in [9.17, 15) is 8.42 Å². The minimum absolute atomic E-state index is 0.399. The Bertz CT molecular complexity index is 550. The summed E-state index contributed by atoms with van der Waals surface area (Å²) in [7, 11) is -1.23. The number of sulfonamides is 1. The van der Waals surface area contributed by atoms with E-state index < -0.39 is 10.0 Å². The van der Waals surface area contributed by atoms with Crippen molar-refractivity contribution in [2.45, 2.75) is 64.8 Å². The molecular weight excluding hydrogens is 348 g/mol. The summed E-state index contributed by atoms with van der Waals surface area (Å²) in [6, 6.07) is 0.399. The maximum atomic E-state index is 11.6. The fourth-order valence-electron chi connectivity index (χ4n) is 4.30. The molecule has 152 valence electrons. The Morgan fingerprint density at radius 1 is 1.12 bits per heavy atom. The van der Waals surface area contributed by atoms with Gasteiger partial charge in [-0.15, -0.1) is 0 Å². The van der Waals surface area contributed by atoms with E-state index in [1.807, 2.05) is 7.05 Å². The summed E-state index contributed by atoms with van der Waals surface area (Å²) in [4.78, 5) is 4.38.